The number of likely N-dealkylation sites (tertiary alicyclic amines) is 1. The Labute approximate surface area is 140 Å². The van der Waals surface area contributed by atoms with Crippen LogP contribution in [0.4, 0.5) is 0 Å². The van der Waals surface area contributed by atoms with Crippen molar-refractivity contribution in [2.24, 2.45) is 5.92 Å². The van der Waals surface area contributed by atoms with Gasteiger partial charge in [-0.05, 0) is 43.7 Å². The molecule has 1 aliphatic rings. The van der Waals surface area contributed by atoms with E-state index in [1.165, 1.54) is 0 Å². The molecule has 0 aliphatic carbocycles. The molecule has 2 aromatic heterocycles. The minimum absolute atomic E-state index is 0.0161. The lowest BCUT2D eigenvalue weighted by molar-refractivity contribution is -0.137. The smallest absolute Gasteiger partial charge is 0.303 e. The van der Waals surface area contributed by atoms with E-state index in [0.717, 1.165) is 30.3 Å². The fourth-order valence-corrected chi connectivity index (χ4v) is 3.28. The topological polar surface area (TPSA) is 88.3 Å². The third-order valence-electron chi connectivity index (χ3n) is 4.54. The number of rotatable bonds is 5. The van der Waals surface area contributed by atoms with Crippen LogP contribution in [0.1, 0.15) is 31.2 Å². The van der Waals surface area contributed by atoms with Gasteiger partial charge >= 0.3 is 5.97 Å². The molecule has 7 nitrogen and oxygen atoms in total. The van der Waals surface area contributed by atoms with E-state index in [4.69, 9.17) is 5.11 Å². The summed E-state index contributed by atoms with van der Waals surface area (Å²) < 4.78 is 1.64. The molecule has 1 unspecified atom stereocenters. The monoisotopic (exact) mass is 330 g/mol. The van der Waals surface area contributed by atoms with Crippen molar-refractivity contribution in [1.82, 2.24) is 19.7 Å². The maximum absolute atomic E-state index is 12.6. The van der Waals surface area contributed by atoms with Gasteiger partial charge in [0.15, 0.2) is 5.65 Å². The molecular weight excluding hydrogens is 308 g/mol. The summed E-state index contributed by atoms with van der Waals surface area (Å²) in [7, 11) is 0. The van der Waals surface area contributed by atoms with Gasteiger partial charge in [-0.15, -0.1) is 0 Å². The first-order chi connectivity index (χ1) is 11.5. The molecule has 0 radical (unpaired) electrons. The largest absolute Gasteiger partial charge is 0.481 e. The highest BCUT2D eigenvalue weighted by Crippen LogP contribution is 2.21. The van der Waals surface area contributed by atoms with Crippen molar-refractivity contribution in [2.45, 2.75) is 39.2 Å². The van der Waals surface area contributed by atoms with Crippen LogP contribution in [0.15, 0.2) is 18.5 Å². The van der Waals surface area contributed by atoms with Crippen molar-refractivity contribution in [3.8, 4) is 0 Å². The molecule has 1 N–H and O–H groups in total. The van der Waals surface area contributed by atoms with E-state index < -0.39 is 5.97 Å². The van der Waals surface area contributed by atoms with Crippen molar-refractivity contribution >= 4 is 22.9 Å². The van der Waals surface area contributed by atoms with Crippen molar-refractivity contribution in [3.05, 3.63) is 24.0 Å². The molecule has 1 fully saturated rings. The number of amides is 1. The van der Waals surface area contributed by atoms with Gasteiger partial charge in [0, 0.05) is 31.1 Å². The number of aryl methyl sites for hydroxylation is 1. The molecule has 1 atom stereocenters. The second-order valence-electron chi connectivity index (χ2n) is 6.51. The van der Waals surface area contributed by atoms with Crippen LogP contribution >= 0.6 is 0 Å². The summed E-state index contributed by atoms with van der Waals surface area (Å²) in [5.41, 5.74) is 1.78. The van der Waals surface area contributed by atoms with Crippen LogP contribution in [0.3, 0.4) is 0 Å². The molecule has 24 heavy (non-hydrogen) atoms. The van der Waals surface area contributed by atoms with Gasteiger partial charge in [0.1, 0.15) is 6.54 Å². The zero-order valence-electron chi connectivity index (χ0n) is 13.8. The average molecular weight is 330 g/mol. The number of aliphatic carboxylic acids is 1. The summed E-state index contributed by atoms with van der Waals surface area (Å²) in [5, 5.41) is 14.0. The molecule has 3 heterocycles. The Kier molecular flexibility index (Phi) is 4.78. The second kappa shape index (κ2) is 6.98. The SMILES string of the molecule is Cc1cnc2c(cnn2CC(=O)N2CCCC(CCC(=O)O)C2)c1. The van der Waals surface area contributed by atoms with Crippen LogP contribution in [0.25, 0.3) is 11.0 Å². The van der Waals surface area contributed by atoms with E-state index in [1.807, 2.05) is 17.9 Å². The molecule has 2 aromatic rings. The van der Waals surface area contributed by atoms with Crippen LogP contribution in [0, 0.1) is 12.8 Å². The molecular formula is C17H22N4O3. The van der Waals surface area contributed by atoms with Crippen LogP contribution in [-0.2, 0) is 16.1 Å². The fourth-order valence-electron chi connectivity index (χ4n) is 3.28. The summed E-state index contributed by atoms with van der Waals surface area (Å²) in [5.74, 6) is -0.487. The highest BCUT2D eigenvalue weighted by atomic mass is 16.4. The van der Waals surface area contributed by atoms with Gasteiger partial charge in [-0.1, -0.05) is 0 Å². The molecule has 1 aliphatic heterocycles. The van der Waals surface area contributed by atoms with Crippen molar-refractivity contribution in [2.75, 3.05) is 13.1 Å². The second-order valence-corrected chi connectivity index (χ2v) is 6.51. The standard InChI is InChI=1S/C17H22N4O3/c1-12-7-14-9-19-21(17(14)18-8-12)11-15(22)20-6-2-3-13(10-20)4-5-16(23)24/h7-9,13H,2-6,10-11H2,1H3,(H,23,24). The highest BCUT2D eigenvalue weighted by Gasteiger charge is 2.24. The normalized spacial score (nSPS) is 18.0. The predicted octanol–water partition coefficient (Wildman–Crippen LogP) is 1.84. The van der Waals surface area contributed by atoms with E-state index in [2.05, 4.69) is 10.1 Å². The summed E-state index contributed by atoms with van der Waals surface area (Å²) in [4.78, 5) is 29.5. The van der Waals surface area contributed by atoms with Gasteiger partial charge in [0.25, 0.3) is 0 Å². The third kappa shape index (κ3) is 3.72. The summed E-state index contributed by atoms with van der Waals surface area (Å²) >= 11 is 0. The van der Waals surface area contributed by atoms with E-state index in [-0.39, 0.29) is 24.8 Å². The van der Waals surface area contributed by atoms with Gasteiger partial charge in [0.05, 0.1) is 6.20 Å². The molecule has 7 heteroatoms. The predicted molar refractivity (Wildman–Crippen MR) is 88.4 cm³/mol. The van der Waals surface area contributed by atoms with Gasteiger partial charge < -0.3 is 10.0 Å². The number of pyridine rings is 1. The molecule has 3 rings (SSSR count). The van der Waals surface area contributed by atoms with Crippen molar-refractivity contribution in [1.29, 1.82) is 0 Å². The Morgan fingerprint density at radius 3 is 3.00 bits per heavy atom. The average Bonchev–Trinajstić information content (AvgIpc) is 2.95. The highest BCUT2D eigenvalue weighted by molar-refractivity contribution is 5.80. The van der Waals surface area contributed by atoms with E-state index >= 15 is 0 Å². The number of aromatic nitrogens is 3. The third-order valence-corrected chi connectivity index (χ3v) is 4.54. The zero-order valence-corrected chi connectivity index (χ0v) is 13.8. The molecule has 0 spiro atoms. The van der Waals surface area contributed by atoms with Crippen molar-refractivity contribution in [3.63, 3.8) is 0 Å². The lowest BCUT2D eigenvalue weighted by Crippen LogP contribution is -2.41. The molecule has 0 bridgehead atoms. The molecule has 0 saturated carbocycles. The lowest BCUT2D eigenvalue weighted by Gasteiger charge is -2.32. The van der Waals surface area contributed by atoms with Crippen LogP contribution in [0.5, 0.6) is 0 Å². The Balaban J connectivity index is 1.64. The minimum atomic E-state index is -0.775. The first-order valence-corrected chi connectivity index (χ1v) is 8.30. The lowest BCUT2D eigenvalue weighted by atomic mass is 9.93. The number of carbonyl (C=O) groups is 2. The van der Waals surface area contributed by atoms with Gasteiger partial charge in [0.2, 0.25) is 5.91 Å². The van der Waals surface area contributed by atoms with Gasteiger partial charge in [-0.2, -0.15) is 5.10 Å². The molecule has 128 valence electrons. The zero-order chi connectivity index (χ0) is 17.1. The molecule has 1 amide bonds. The van der Waals surface area contributed by atoms with E-state index in [9.17, 15) is 9.59 Å². The van der Waals surface area contributed by atoms with Crippen LogP contribution < -0.4 is 0 Å². The fraction of sp³-hybridized carbons (Fsp3) is 0.529. The number of piperidine rings is 1. The number of carboxylic acid groups (broad SMARTS) is 1. The van der Waals surface area contributed by atoms with Crippen LogP contribution in [-0.4, -0.2) is 49.7 Å². The number of hydrogen-bond donors (Lipinski definition) is 1. The number of carbonyl (C=O) groups excluding carboxylic acids is 1. The Morgan fingerprint density at radius 2 is 2.21 bits per heavy atom. The number of carboxylic acids is 1. The Morgan fingerprint density at radius 1 is 1.38 bits per heavy atom. The van der Waals surface area contributed by atoms with E-state index in [0.29, 0.717) is 18.6 Å². The summed E-state index contributed by atoms with van der Waals surface area (Å²) in [6.45, 7) is 3.51. The molecule has 1 saturated heterocycles. The summed E-state index contributed by atoms with van der Waals surface area (Å²) in [6, 6.07) is 2.00. The number of hydrogen-bond acceptors (Lipinski definition) is 4. The minimum Gasteiger partial charge on any atom is -0.481 e. The van der Waals surface area contributed by atoms with Crippen molar-refractivity contribution < 1.29 is 14.7 Å². The molecule has 0 aromatic carbocycles. The maximum atomic E-state index is 12.6. The van der Waals surface area contributed by atoms with E-state index in [1.54, 1.807) is 17.1 Å². The van der Waals surface area contributed by atoms with Crippen LogP contribution in [0.2, 0.25) is 0 Å². The number of nitrogens with zero attached hydrogens (tertiary/aromatic N) is 4. The Bertz CT molecular complexity index is 755. The number of fused-ring (bicyclic) bond motifs is 1. The summed E-state index contributed by atoms with van der Waals surface area (Å²) in [6.07, 6.45) is 6.21. The van der Waals surface area contributed by atoms with Gasteiger partial charge in [-0.3, -0.25) is 9.59 Å². The Hall–Kier alpha value is -2.44. The quantitative estimate of drug-likeness (QED) is 0.904. The first-order valence-electron chi connectivity index (χ1n) is 8.30. The first kappa shape index (κ1) is 16.4. The van der Waals surface area contributed by atoms with Gasteiger partial charge in [-0.25, -0.2) is 9.67 Å². The maximum Gasteiger partial charge on any atom is 0.303 e.